The van der Waals surface area contributed by atoms with E-state index in [4.69, 9.17) is 10.5 Å². The smallest absolute Gasteiger partial charge is 0.257 e. The van der Waals surface area contributed by atoms with Crippen LogP contribution in [0.1, 0.15) is 23.7 Å². The number of amides is 2. The largest absolute Gasteiger partial charge is 0.496 e. The second-order valence-electron chi connectivity index (χ2n) is 7.62. The summed E-state index contributed by atoms with van der Waals surface area (Å²) < 4.78 is 18.3. The molecule has 2 atom stereocenters. The van der Waals surface area contributed by atoms with Crippen molar-refractivity contribution in [2.45, 2.75) is 30.3 Å². The number of hydrogen-bond donors (Lipinski definition) is 1. The minimum absolute atomic E-state index is 0.0107. The number of methoxy groups -OCH3 is 1. The fourth-order valence-electron chi connectivity index (χ4n) is 3.61. The van der Waals surface area contributed by atoms with Crippen LogP contribution in [0.25, 0.3) is 0 Å². The monoisotopic (exact) mass is 445 g/mol. The van der Waals surface area contributed by atoms with E-state index >= 15 is 0 Å². The van der Waals surface area contributed by atoms with E-state index < -0.39 is 0 Å². The number of halogens is 1. The van der Waals surface area contributed by atoms with Gasteiger partial charge in [-0.1, -0.05) is 12.1 Å². The lowest BCUT2D eigenvalue weighted by Gasteiger charge is -2.40. The van der Waals surface area contributed by atoms with Crippen LogP contribution in [0.15, 0.2) is 53.4 Å². The van der Waals surface area contributed by atoms with Crippen molar-refractivity contribution in [3.8, 4) is 5.75 Å². The van der Waals surface area contributed by atoms with E-state index in [1.54, 1.807) is 41.2 Å². The molecule has 0 saturated carbocycles. The number of nitrogens with zero attached hydrogens (tertiary/aromatic N) is 2. The quantitative estimate of drug-likeness (QED) is 0.663. The highest BCUT2D eigenvalue weighted by Crippen LogP contribution is 2.23. The van der Waals surface area contributed by atoms with Gasteiger partial charge >= 0.3 is 0 Å². The summed E-state index contributed by atoms with van der Waals surface area (Å²) in [6.07, 6.45) is 0.237. The molecule has 2 amide bonds. The third-order valence-corrected chi connectivity index (χ3v) is 6.49. The van der Waals surface area contributed by atoms with Crippen LogP contribution in [0.4, 0.5) is 4.39 Å². The maximum atomic E-state index is 13.0. The SMILES string of the molecule is COc1ccccc1C(=O)N1CCN(C(=O)C[C@H](N)CSc2ccc(F)cc2)C[C@@H]1C. The minimum Gasteiger partial charge on any atom is -0.496 e. The Morgan fingerprint density at radius 3 is 2.58 bits per heavy atom. The van der Waals surface area contributed by atoms with Gasteiger partial charge in [-0.15, -0.1) is 11.8 Å². The van der Waals surface area contributed by atoms with Crippen LogP contribution in [-0.4, -0.2) is 66.2 Å². The van der Waals surface area contributed by atoms with Crippen LogP contribution in [-0.2, 0) is 4.79 Å². The first-order valence-electron chi connectivity index (χ1n) is 10.2. The van der Waals surface area contributed by atoms with Gasteiger partial charge < -0.3 is 20.3 Å². The van der Waals surface area contributed by atoms with Crippen molar-refractivity contribution >= 4 is 23.6 Å². The molecule has 1 aliphatic heterocycles. The molecule has 31 heavy (non-hydrogen) atoms. The summed E-state index contributed by atoms with van der Waals surface area (Å²) in [6, 6.07) is 13.0. The van der Waals surface area contributed by atoms with E-state index in [2.05, 4.69) is 0 Å². The molecule has 166 valence electrons. The summed E-state index contributed by atoms with van der Waals surface area (Å²) in [7, 11) is 1.55. The Labute approximate surface area is 186 Å². The Kier molecular flexibility index (Phi) is 7.92. The second kappa shape index (κ2) is 10.6. The number of ether oxygens (including phenoxy) is 1. The molecule has 1 heterocycles. The number of benzene rings is 2. The van der Waals surface area contributed by atoms with Gasteiger partial charge in [0.25, 0.3) is 5.91 Å². The standard InChI is InChI=1S/C23H28FN3O3S/c1-16-14-26(11-12-27(16)23(29)20-5-3-4-6-21(20)30-2)22(28)13-18(25)15-31-19-9-7-17(24)8-10-19/h3-10,16,18H,11-15,25H2,1-2H3/t16-,18-/m0/s1. The van der Waals surface area contributed by atoms with Crippen LogP contribution >= 0.6 is 11.8 Å². The van der Waals surface area contributed by atoms with Crippen LogP contribution in [0.2, 0.25) is 0 Å². The summed E-state index contributed by atoms with van der Waals surface area (Å²) in [6.45, 7) is 3.35. The van der Waals surface area contributed by atoms with Crippen molar-refractivity contribution in [1.29, 1.82) is 0 Å². The highest BCUT2D eigenvalue weighted by Gasteiger charge is 2.31. The summed E-state index contributed by atoms with van der Waals surface area (Å²) in [5.41, 5.74) is 6.68. The molecule has 0 bridgehead atoms. The normalized spacial score (nSPS) is 17.4. The van der Waals surface area contributed by atoms with Gasteiger partial charge in [-0.2, -0.15) is 0 Å². The number of hydrogen-bond acceptors (Lipinski definition) is 5. The van der Waals surface area contributed by atoms with Crippen molar-refractivity contribution in [2.24, 2.45) is 5.73 Å². The van der Waals surface area contributed by atoms with Crippen LogP contribution < -0.4 is 10.5 Å². The highest BCUT2D eigenvalue weighted by molar-refractivity contribution is 7.99. The van der Waals surface area contributed by atoms with E-state index in [0.29, 0.717) is 36.7 Å². The lowest BCUT2D eigenvalue weighted by Crippen LogP contribution is -2.56. The van der Waals surface area contributed by atoms with Crippen molar-refractivity contribution in [3.63, 3.8) is 0 Å². The van der Waals surface area contributed by atoms with E-state index in [1.165, 1.54) is 23.9 Å². The molecular formula is C23H28FN3O3S. The van der Waals surface area contributed by atoms with Crippen molar-refractivity contribution in [3.05, 3.63) is 59.9 Å². The number of rotatable bonds is 7. The van der Waals surface area contributed by atoms with Crippen molar-refractivity contribution in [1.82, 2.24) is 9.80 Å². The van der Waals surface area contributed by atoms with E-state index in [0.717, 1.165) is 4.90 Å². The molecule has 2 aromatic rings. The first-order valence-corrected chi connectivity index (χ1v) is 11.2. The Bertz CT molecular complexity index is 909. The zero-order chi connectivity index (χ0) is 22.4. The zero-order valence-corrected chi connectivity index (χ0v) is 18.6. The molecular weight excluding hydrogens is 417 g/mol. The van der Waals surface area contributed by atoms with Gasteiger partial charge in [-0.05, 0) is 43.3 Å². The van der Waals surface area contributed by atoms with Gasteiger partial charge in [0.15, 0.2) is 0 Å². The van der Waals surface area contributed by atoms with Crippen LogP contribution in [0, 0.1) is 5.82 Å². The molecule has 1 saturated heterocycles. The lowest BCUT2D eigenvalue weighted by atomic mass is 10.1. The zero-order valence-electron chi connectivity index (χ0n) is 17.8. The van der Waals surface area contributed by atoms with Gasteiger partial charge in [0.2, 0.25) is 5.91 Å². The fraction of sp³-hybridized carbons (Fsp3) is 0.391. The molecule has 3 rings (SSSR count). The number of carbonyl (C=O) groups is 2. The number of piperazine rings is 1. The molecule has 0 aliphatic carbocycles. The topological polar surface area (TPSA) is 75.9 Å². The predicted molar refractivity (Wildman–Crippen MR) is 120 cm³/mol. The lowest BCUT2D eigenvalue weighted by molar-refractivity contribution is -0.133. The molecule has 0 unspecified atom stereocenters. The van der Waals surface area contributed by atoms with Gasteiger partial charge in [0, 0.05) is 48.8 Å². The molecule has 1 fully saturated rings. The minimum atomic E-state index is -0.300. The third-order valence-electron chi connectivity index (χ3n) is 5.29. The second-order valence-corrected chi connectivity index (χ2v) is 8.71. The first kappa shape index (κ1) is 23.1. The average molecular weight is 446 g/mol. The molecule has 0 spiro atoms. The Morgan fingerprint density at radius 2 is 1.90 bits per heavy atom. The van der Waals surface area contributed by atoms with E-state index in [-0.39, 0.29) is 36.1 Å². The highest BCUT2D eigenvalue weighted by atomic mass is 32.2. The molecule has 2 N–H and O–H groups in total. The van der Waals surface area contributed by atoms with Gasteiger partial charge in [-0.25, -0.2) is 4.39 Å². The molecule has 0 aromatic heterocycles. The van der Waals surface area contributed by atoms with E-state index in [9.17, 15) is 14.0 Å². The van der Waals surface area contributed by atoms with Crippen LogP contribution in [0.3, 0.4) is 0 Å². The summed E-state index contributed by atoms with van der Waals surface area (Å²) in [5, 5.41) is 0. The molecule has 8 heteroatoms. The summed E-state index contributed by atoms with van der Waals surface area (Å²) in [4.78, 5) is 30.2. The fourth-order valence-corrected chi connectivity index (χ4v) is 4.46. The predicted octanol–water partition coefficient (Wildman–Crippen LogP) is 3.02. The maximum absolute atomic E-state index is 13.0. The molecule has 0 radical (unpaired) electrons. The van der Waals surface area contributed by atoms with E-state index in [1.807, 2.05) is 19.1 Å². The molecule has 2 aromatic carbocycles. The number of para-hydroxylation sites is 1. The maximum Gasteiger partial charge on any atom is 0.257 e. The third kappa shape index (κ3) is 5.98. The van der Waals surface area contributed by atoms with Crippen molar-refractivity contribution < 1.29 is 18.7 Å². The Hall–Kier alpha value is -2.58. The van der Waals surface area contributed by atoms with Gasteiger partial charge in [0.1, 0.15) is 11.6 Å². The van der Waals surface area contributed by atoms with Crippen LogP contribution in [0.5, 0.6) is 5.75 Å². The average Bonchev–Trinajstić information content (AvgIpc) is 2.78. The van der Waals surface area contributed by atoms with Gasteiger partial charge in [-0.3, -0.25) is 9.59 Å². The number of nitrogens with two attached hydrogens (primary N) is 1. The van der Waals surface area contributed by atoms with Gasteiger partial charge in [0.05, 0.1) is 12.7 Å². The summed E-state index contributed by atoms with van der Waals surface area (Å²) in [5.74, 6) is 0.733. The van der Waals surface area contributed by atoms with Crippen molar-refractivity contribution in [2.75, 3.05) is 32.5 Å². The molecule has 6 nitrogen and oxygen atoms in total. The molecule has 1 aliphatic rings. The number of thioether (sulfide) groups is 1. The number of carbonyl (C=O) groups excluding carboxylic acids is 2. The summed E-state index contributed by atoms with van der Waals surface area (Å²) >= 11 is 1.50. The first-order chi connectivity index (χ1) is 14.9. The Balaban J connectivity index is 1.50. The Morgan fingerprint density at radius 1 is 1.19 bits per heavy atom.